The first-order valence-electron chi connectivity index (χ1n) is 8.08. The van der Waals surface area contributed by atoms with Crippen molar-refractivity contribution in [1.82, 2.24) is 14.5 Å². The van der Waals surface area contributed by atoms with Crippen LogP contribution in [0.3, 0.4) is 0 Å². The van der Waals surface area contributed by atoms with Crippen LogP contribution < -0.4 is 4.90 Å². The van der Waals surface area contributed by atoms with Gasteiger partial charge in [0.2, 0.25) is 0 Å². The van der Waals surface area contributed by atoms with Crippen LogP contribution in [-0.4, -0.2) is 27.0 Å². The van der Waals surface area contributed by atoms with E-state index in [0.717, 1.165) is 23.2 Å². The lowest BCUT2D eigenvalue weighted by molar-refractivity contribution is 0.0990. The molecule has 0 atom stereocenters. The molecule has 0 unspecified atom stereocenters. The van der Waals surface area contributed by atoms with Crippen LogP contribution in [0.4, 0.5) is 5.13 Å². The van der Waals surface area contributed by atoms with Gasteiger partial charge in [0.05, 0.1) is 21.4 Å². The van der Waals surface area contributed by atoms with Gasteiger partial charge in [-0.25, -0.2) is 9.97 Å². The number of carbonyl (C=O) groups excluding carboxylic acids is 1. The largest absolute Gasteiger partial charge is 0.337 e. The van der Waals surface area contributed by atoms with Crippen LogP contribution in [0.5, 0.6) is 0 Å². The van der Waals surface area contributed by atoms with Gasteiger partial charge in [0.15, 0.2) is 5.13 Å². The number of thiazole rings is 1. The Bertz CT molecular complexity index is 1010. The van der Waals surface area contributed by atoms with Gasteiger partial charge >= 0.3 is 0 Å². The Balaban J connectivity index is 1.61. The molecule has 1 aromatic carbocycles. The Morgan fingerprint density at radius 3 is 3.00 bits per heavy atom. The van der Waals surface area contributed by atoms with Gasteiger partial charge in [0, 0.05) is 30.5 Å². The van der Waals surface area contributed by atoms with Crippen molar-refractivity contribution in [3.05, 3.63) is 64.3 Å². The average Bonchev–Trinajstić information content (AvgIpc) is 3.38. The zero-order valence-electron chi connectivity index (χ0n) is 13.7. The maximum absolute atomic E-state index is 13.0. The highest BCUT2D eigenvalue weighted by molar-refractivity contribution is 7.22. The van der Waals surface area contributed by atoms with Crippen molar-refractivity contribution < 1.29 is 4.79 Å². The van der Waals surface area contributed by atoms with Crippen LogP contribution in [0.2, 0.25) is 5.02 Å². The van der Waals surface area contributed by atoms with E-state index < -0.39 is 0 Å². The van der Waals surface area contributed by atoms with E-state index in [4.69, 9.17) is 11.6 Å². The fourth-order valence-electron chi connectivity index (χ4n) is 2.65. The van der Waals surface area contributed by atoms with Gasteiger partial charge in [-0.05, 0) is 36.1 Å². The third-order valence-corrected chi connectivity index (χ3v) is 6.04. The molecule has 3 aromatic heterocycles. The normalized spacial score (nSPS) is 11.1. The minimum absolute atomic E-state index is 0.0178. The maximum atomic E-state index is 13.0. The quantitative estimate of drug-likeness (QED) is 0.458. The third kappa shape index (κ3) is 3.65. The van der Waals surface area contributed by atoms with Gasteiger partial charge in [0.25, 0.3) is 5.91 Å². The van der Waals surface area contributed by atoms with E-state index in [0.29, 0.717) is 21.6 Å². The Morgan fingerprint density at radius 2 is 2.23 bits per heavy atom. The second-order valence-corrected chi connectivity index (χ2v) is 8.09. The predicted octanol–water partition coefficient (Wildman–Crippen LogP) is 4.94. The molecule has 4 aromatic rings. The minimum Gasteiger partial charge on any atom is -0.337 e. The molecule has 0 aliphatic heterocycles. The van der Waals surface area contributed by atoms with Crippen LogP contribution in [0, 0.1) is 0 Å². The summed E-state index contributed by atoms with van der Waals surface area (Å²) in [6, 6.07) is 9.33. The summed E-state index contributed by atoms with van der Waals surface area (Å²) in [5.41, 5.74) is 0.855. The van der Waals surface area contributed by atoms with Crippen molar-refractivity contribution in [1.29, 1.82) is 0 Å². The molecule has 0 N–H and O–H groups in total. The van der Waals surface area contributed by atoms with Crippen molar-refractivity contribution in [3.63, 3.8) is 0 Å². The van der Waals surface area contributed by atoms with E-state index in [1.54, 1.807) is 17.4 Å². The average molecular weight is 403 g/mol. The number of aromatic nitrogens is 3. The highest BCUT2D eigenvalue weighted by Gasteiger charge is 2.21. The maximum Gasteiger partial charge on any atom is 0.270 e. The summed E-state index contributed by atoms with van der Waals surface area (Å²) >= 11 is 9.02. The number of nitrogens with zero attached hydrogens (tertiary/aromatic N) is 4. The van der Waals surface area contributed by atoms with Gasteiger partial charge in [-0.15, -0.1) is 11.3 Å². The van der Waals surface area contributed by atoms with Crippen molar-refractivity contribution in [2.75, 3.05) is 11.4 Å². The van der Waals surface area contributed by atoms with Crippen molar-refractivity contribution in [2.24, 2.45) is 0 Å². The summed E-state index contributed by atoms with van der Waals surface area (Å²) in [5, 5.41) is 3.28. The SMILES string of the molecule is O=C(c1cccs1)N(CCCn1ccnc1)c1nc2ccc(Cl)cc2s1. The molecule has 0 bridgehead atoms. The van der Waals surface area contributed by atoms with Gasteiger partial charge in [-0.1, -0.05) is 29.0 Å². The molecular formula is C18H15ClN4OS2. The molecule has 0 saturated carbocycles. The van der Waals surface area contributed by atoms with E-state index in [1.165, 1.54) is 22.7 Å². The molecule has 3 heterocycles. The zero-order chi connectivity index (χ0) is 17.9. The Hall–Kier alpha value is -2.22. The first-order valence-corrected chi connectivity index (χ1v) is 10.2. The lowest BCUT2D eigenvalue weighted by Crippen LogP contribution is -2.31. The molecule has 4 rings (SSSR count). The molecule has 5 nitrogen and oxygen atoms in total. The first-order chi connectivity index (χ1) is 12.7. The lowest BCUT2D eigenvalue weighted by atomic mass is 10.3. The Labute approximate surface area is 163 Å². The van der Waals surface area contributed by atoms with Crippen molar-refractivity contribution in [3.8, 4) is 0 Å². The number of rotatable bonds is 6. The number of carbonyl (C=O) groups is 1. The second kappa shape index (κ2) is 7.57. The number of anilines is 1. The minimum atomic E-state index is -0.0178. The summed E-state index contributed by atoms with van der Waals surface area (Å²) < 4.78 is 2.98. The first kappa shape index (κ1) is 17.2. The summed E-state index contributed by atoms with van der Waals surface area (Å²) in [7, 11) is 0. The molecule has 1 amide bonds. The number of fused-ring (bicyclic) bond motifs is 1. The monoisotopic (exact) mass is 402 g/mol. The standard InChI is InChI=1S/C18H15ClN4OS2/c19-13-4-5-14-16(11-13)26-18(21-14)23(17(24)15-3-1-10-25-15)8-2-7-22-9-6-20-12-22/h1,3-6,9-12H,2,7-8H2. The van der Waals surface area contributed by atoms with Gasteiger partial charge < -0.3 is 4.57 Å². The molecule has 0 saturated heterocycles. The summed E-state index contributed by atoms with van der Waals surface area (Å²) in [4.78, 5) is 24.2. The Morgan fingerprint density at radius 1 is 1.31 bits per heavy atom. The highest BCUT2D eigenvalue weighted by Crippen LogP contribution is 2.32. The number of hydrogen-bond acceptors (Lipinski definition) is 5. The van der Waals surface area contributed by atoms with E-state index in [1.807, 2.05) is 46.5 Å². The van der Waals surface area contributed by atoms with E-state index in [-0.39, 0.29) is 5.91 Å². The molecule has 0 radical (unpaired) electrons. The van der Waals surface area contributed by atoms with E-state index in [9.17, 15) is 4.79 Å². The second-order valence-electron chi connectivity index (χ2n) is 5.70. The third-order valence-electron chi connectivity index (χ3n) is 3.90. The van der Waals surface area contributed by atoms with Crippen LogP contribution in [-0.2, 0) is 6.54 Å². The molecule has 0 aliphatic rings. The van der Waals surface area contributed by atoms with Gasteiger partial charge in [-0.2, -0.15) is 0 Å². The molecule has 8 heteroatoms. The number of imidazole rings is 1. The van der Waals surface area contributed by atoms with Crippen molar-refractivity contribution in [2.45, 2.75) is 13.0 Å². The lowest BCUT2D eigenvalue weighted by Gasteiger charge is -2.19. The number of halogens is 1. The topological polar surface area (TPSA) is 51.0 Å². The fraction of sp³-hybridized carbons (Fsp3) is 0.167. The fourth-order valence-corrected chi connectivity index (χ4v) is 4.59. The molecule has 0 fully saturated rings. The van der Waals surface area contributed by atoms with Crippen LogP contribution in [0.25, 0.3) is 10.2 Å². The predicted molar refractivity (Wildman–Crippen MR) is 107 cm³/mol. The van der Waals surface area contributed by atoms with E-state index in [2.05, 4.69) is 9.97 Å². The van der Waals surface area contributed by atoms with Gasteiger partial charge in [-0.3, -0.25) is 9.69 Å². The zero-order valence-corrected chi connectivity index (χ0v) is 16.1. The summed E-state index contributed by atoms with van der Waals surface area (Å²) in [6.45, 7) is 1.38. The number of hydrogen-bond donors (Lipinski definition) is 0. The molecule has 132 valence electrons. The number of thiophene rings is 1. The highest BCUT2D eigenvalue weighted by atomic mass is 35.5. The summed E-state index contributed by atoms with van der Waals surface area (Å²) in [5.74, 6) is -0.0178. The molecular weight excluding hydrogens is 388 g/mol. The number of amides is 1. The molecule has 26 heavy (non-hydrogen) atoms. The Kier molecular flexibility index (Phi) is 5.01. The number of benzene rings is 1. The summed E-state index contributed by atoms with van der Waals surface area (Å²) in [6.07, 6.45) is 6.27. The van der Waals surface area contributed by atoms with Crippen LogP contribution in [0.1, 0.15) is 16.1 Å². The van der Waals surface area contributed by atoms with Crippen molar-refractivity contribution >= 4 is 55.5 Å². The van der Waals surface area contributed by atoms with Crippen LogP contribution >= 0.6 is 34.3 Å². The van der Waals surface area contributed by atoms with E-state index >= 15 is 0 Å². The number of aryl methyl sites for hydroxylation is 1. The molecule has 0 spiro atoms. The molecule has 0 aliphatic carbocycles. The van der Waals surface area contributed by atoms with Crippen LogP contribution in [0.15, 0.2) is 54.4 Å². The smallest absolute Gasteiger partial charge is 0.270 e. The van der Waals surface area contributed by atoms with Gasteiger partial charge in [0.1, 0.15) is 0 Å².